The highest BCUT2D eigenvalue weighted by Gasteiger charge is 2.35. The van der Waals surface area contributed by atoms with E-state index in [2.05, 4.69) is 40.7 Å². The highest BCUT2D eigenvalue weighted by Crippen LogP contribution is 2.35. The molecular weight excluding hydrogens is 361 g/mol. The Hall–Kier alpha value is -0.200. The van der Waals surface area contributed by atoms with Crippen LogP contribution >= 0.6 is 22.6 Å². The monoisotopic (exact) mass is 377 g/mol. The van der Waals surface area contributed by atoms with Crippen molar-refractivity contribution in [3.63, 3.8) is 0 Å². The highest BCUT2D eigenvalue weighted by molar-refractivity contribution is 14.1. The number of quaternary nitrogens is 1. The van der Waals surface area contributed by atoms with E-state index in [-0.39, 0.29) is 12.4 Å². The summed E-state index contributed by atoms with van der Waals surface area (Å²) in [7, 11) is 0. The van der Waals surface area contributed by atoms with Gasteiger partial charge in [-0.3, -0.25) is 4.99 Å². The molecule has 98 valence electrons. The highest BCUT2D eigenvalue weighted by atomic mass is 127. The molecule has 0 aromatic rings. The zero-order chi connectivity index (χ0) is 11.8. The predicted octanol–water partition coefficient (Wildman–Crippen LogP) is -0.727. The Morgan fingerprint density at radius 1 is 1.28 bits per heavy atom. The van der Waals surface area contributed by atoms with Gasteiger partial charge < -0.3 is 12.4 Å². The van der Waals surface area contributed by atoms with Crippen molar-refractivity contribution in [2.24, 2.45) is 21.8 Å². The number of nitrogens with one attached hydrogen (secondary N) is 1. The molecule has 1 atom stereocenters. The number of nitrogens with zero attached hydrogens (tertiary/aromatic N) is 2. The summed E-state index contributed by atoms with van der Waals surface area (Å²) in [6.45, 7) is 2.36. The maximum absolute atomic E-state index is 4.79. The van der Waals surface area contributed by atoms with Gasteiger partial charge in [0.25, 0.3) is 3.84 Å². The summed E-state index contributed by atoms with van der Waals surface area (Å²) in [6.07, 6.45) is 11.2. The quantitative estimate of drug-likeness (QED) is 0.461. The first-order chi connectivity index (χ1) is 8.25. The molecule has 1 aliphatic carbocycles. The van der Waals surface area contributed by atoms with Crippen LogP contribution in [0.25, 0.3) is 0 Å². The lowest BCUT2D eigenvalue weighted by Gasteiger charge is -2.25. The molecule has 3 aliphatic rings. The number of hydrogen-bond acceptors (Lipinski definition) is 2. The third kappa shape index (κ3) is 2.56. The van der Waals surface area contributed by atoms with E-state index in [1.54, 1.807) is 0 Å². The molecule has 2 heterocycles. The molecule has 3 nitrogen and oxygen atoms in total. The first-order valence-electron chi connectivity index (χ1n) is 6.31. The number of allylic oxidation sites excluding steroid dienone is 2. The zero-order valence-electron chi connectivity index (χ0n) is 10.4. The number of hydrogen-bond donors (Lipinski definition) is 1. The van der Waals surface area contributed by atoms with Crippen molar-refractivity contribution in [2.45, 2.75) is 32.6 Å². The van der Waals surface area contributed by atoms with E-state index >= 15 is 0 Å². The van der Waals surface area contributed by atoms with Crippen LogP contribution < -0.4 is 17.3 Å². The van der Waals surface area contributed by atoms with Crippen molar-refractivity contribution in [3.8, 4) is 0 Å². The van der Waals surface area contributed by atoms with Crippen molar-refractivity contribution in [2.75, 3.05) is 0 Å². The number of fused-ring (bicyclic) bond motifs is 1. The van der Waals surface area contributed by atoms with Gasteiger partial charge in [0.1, 0.15) is 11.9 Å². The Kier molecular flexibility index (Phi) is 4.61. The molecule has 1 unspecified atom stereocenters. The maximum Gasteiger partial charge on any atom is 0.272 e. The van der Waals surface area contributed by atoms with Crippen molar-refractivity contribution >= 4 is 32.6 Å². The summed E-state index contributed by atoms with van der Waals surface area (Å²) in [5.41, 5.74) is 2.57. The maximum atomic E-state index is 4.79. The summed E-state index contributed by atoms with van der Waals surface area (Å²) in [4.78, 5) is 10.3. The van der Waals surface area contributed by atoms with Crippen molar-refractivity contribution < 1.29 is 17.3 Å². The summed E-state index contributed by atoms with van der Waals surface area (Å²) in [5.74, 6) is 1.55. The van der Waals surface area contributed by atoms with Gasteiger partial charge in [-0.25, -0.2) is 4.90 Å². The van der Waals surface area contributed by atoms with E-state index in [0.717, 1.165) is 9.76 Å². The molecule has 3 rings (SSSR count). The lowest BCUT2D eigenvalue weighted by Crippen LogP contribution is -3.07. The topological polar surface area (TPSA) is 29.2 Å². The summed E-state index contributed by atoms with van der Waals surface area (Å²) < 4.78 is 1.13. The Bertz CT molecular complexity index is 445. The van der Waals surface area contributed by atoms with Crippen molar-refractivity contribution in [1.29, 1.82) is 0 Å². The summed E-state index contributed by atoms with van der Waals surface area (Å²) in [5, 5.41) is 0. The Morgan fingerprint density at radius 3 is 2.72 bits per heavy atom. The molecule has 1 fully saturated rings. The number of amidine groups is 1. The fraction of sp³-hybridized carbons (Fsp3) is 0.538. The van der Waals surface area contributed by atoms with Crippen LogP contribution in [0.2, 0.25) is 0 Å². The Balaban J connectivity index is 0.00000120. The standard InChI is InChI=1S/C13H16IN3.ClH/c1-9-2-4-10(5-3-9)12-11-8-15-6-7-17(11)13(14)16-12;/h6-10H,2-5H2,1H3;1H. The van der Waals surface area contributed by atoms with Crippen LogP contribution in [0.3, 0.4) is 0 Å². The normalized spacial score (nSPS) is 34.1. The lowest BCUT2D eigenvalue weighted by molar-refractivity contribution is -0.684. The first kappa shape index (κ1) is 14.2. The SMILES string of the molecule is CC1CCC(C2=C3C=NC=C[NH+]3C(I)=N2)CC1.[Cl-]. The molecule has 2 aliphatic heterocycles. The van der Waals surface area contributed by atoms with Gasteiger partial charge in [0.15, 0.2) is 5.70 Å². The number of halogens is 2. The van der Waals surface area contributed by atoms with Crippen LogP contribution in [0, 0.1) is 11.8 Å². The van der Waals surface area contributed by atoms with Gasteiger partial charge in [0.2, 0.25) is 0 Å². The molecule has 0 amide bonds. The molecular formula is C13H17ClIN3. The van der Waals surface area contributed by atoms with E-state index < -0.39 is 0 Å². The third-order valence-electron chi connectivity index (χ3n) is 3.94. The van der Waals surface area contributed by atoms with E-state index in [4.69, 9.17) is 4.99 Å². The molecule has 0 radical (unpaired) electrons. The van der Waals surface area contributed by atoms with Gasteiger partial charge in [-0.15, -0.1) is 0 Å². The number of aliphatic imine (C=N–C) groups is 2. The summed E-state index contributed by atoms with van der Waals surface area (Å²) >= 11 is 2.34. The van der Waals surface area contributed by atoms with E-state index in [0.29, 0.717) is 5.92 Å². The van der Waals surface area contributed by atoms with Gasteiger partial charge in [-0.2, -0.15) is 4.99 Å². The van der Waals surface area contributed by atoms with Crippen LogP contribution in [0.4, 0.5) is 0 Å². The first-order valence-corrected chi connectivity index (χ1v) is 7.39. The lowest BCUT2D eigenvalue weighted by atomic mass is 9.81. The predicted molar refractivity (Wildman–Crippen MR) is 78.2 cm³/mol. The molecule has 5 heteroatoms. The van der Waals surface area contributed by atoms with Gasteiger partial charge >= 0.3 is 0 Å². The van der Waals surface area contributed by atoms with Crippen molar-refractivity contribution in [1.82, 2.24) is 0 Å². The molecule has 1 saturated carbocycles. The van der Waals surface area contributed by atoms with Gasteiger partial charge in [-0.05, 0) is 18.8 Å². The zero-order valence-corrected chi connectivity index (χ0v) is 13.3. The minimum atomic E-state index is 0. The van der Waals surface area contributed by atoms with E-state index in [1.807, 2.05) is 12.4 Å². The summed E-state index contributed by atoms with van der Waals surface area (Å²) in [6, 6.07) is 0. The second-order valence-corrected chi connectivity index (χ2v) is 6.19. The second kappa shape index (κ2) is 5.84. The van der Waals surface area contributed by atoms with Crippen LogP contribution in [0.15, 0.2) is 33.8 Å². The van der Waals surface area contributed by atoms with Gasteiger partial charge in [-0.1, -0.05) is 19.8 Å². The third-order valence-corrected chi connectivity index (χ3v) is 4.76. The molecule has 0 aromatic carbocycles. The second-order valence-electron chi connectivity index (χ2n) is 5.17. The van der Waals surface area contributed by atoms with Crippen molar-refractivity contribution in [3.05, 3.63) is 23.8 Å². The Labute approximate surface area is 128 Å². The van der Waals surface area contributed by atoms with Crippen LogP contribution in [0.1, 0.15) is 32.6 Å². The van der Waals surface area contributed by atoms with Crippen LogP contribution in [-0.2, 0) is 0 Å². The van der Waals surface area contributed by atoms with Crippen LogP contribution in [0.5, 0.6) is 0 Å². The fourth-order valence-electron chi connectivity index (χ4n) is 2.85. The molecule has 0 aromatic heterocycles. The molecule has 1 N–H and O–H groups in total. The minimum Gasteiger partial charge on any atom is -1.00 e. The smallest absolute Gasteiger partial charge is 0.272 e. The molecule has 0 spiro atoms. The van der Waals surface area contributed by atoms with Gasteiger partial charge in [0.05, 0.1) is 35.0 Å². The largest absolute Gasteiger partial charge is 1.00 e. The molecule has 18 heavy (non-hydrogen) atoms. The Morgan fingerprint density at radius 2 is 2.00 bits per heavy atom. The van der Waals surface area contributed by atoms with E-state index in [1.165, 1.54) is 42.0 Å². The average molecular weight is 378 g/mol. The number of rotatable bonds is 1. The molecule has 0 saturated heterocycles. The molecule has 0 bridgehead atoms. The average Bonchev–Trinajstić information content (AvgIpc) is 2.69. The minimum absolute atomic E-state index is 0. The van der Waals surface area contributed by atoms with Crippen LogP contribution in [-0.4, -0.2) is 10.1 Å². The van der Waals surface area contributed by atoms with E-state index in [9.17, 15) is 0 Å². The van der Waals surface area contributed by atoms with Gasteiger partial charge in [0, 0.05) is 5.92 Å². The fourth-order valence-corrected chi connectivity index (χ4v) is 3.58.